The minimum atomic E-state index is -0.807. The Hall–Kier alpha value is -2.53. The molecule has 0 saturated heterocycles. The Kier molecular flexibility index (Phi) is 5.50. The molecule has 3 atom stereocenters. The molecule has 0 bridgehead atoms. The lowest BCUT2D eigenvalue weighted by Crippen LogP contribution is -2.39. The fraction of sp³-hybridized carbons (Fsp3) is 0.500. The van der Waals surface area contributed by atoms with Crippen LogP contribution in [0.25, 0.3) is 0 Å². The van der Waals surface area contributed by atoms with Crippen LogP contribution in [0.5, 0.6) is 11.5 Å². The van der Waals surface area contributed by atoms with Gasteiger partial charge in [0.05, 0.1) is 18.6 Å². The van der Waals surface area contributed by atoms with Gasteiger partial charge in [-0.15, -0.1) is 0 Å². The molecule has 0 fully saturated rings. The maximum atomic E-state index is 11.1. The Morgan fingerprint density at radius 1 is 1.16 bits per heavy atom. The second-order valence-electron chi connectivity index (χ2n) is 9.81. The molecule has 0 radical (unpaired) electrons. The number of rotatable bonds is 6. The van der Waals surface area contributed by atoms with E-state index in [0.717, 1.165) is 29.9 Å². The first-order valence-electron chi connectivity index (χ1n) is 11.0. The van der Waals surface area contributed by atoms with Crippen LogP contribution in [0.4, 0.5) is 0 Å². The Balaban J connectivity index is 1.59. The second kappa shape index (κ2) is 7.86. The highest BCUT2D eigenvalue weighted by Gasteiger charge is 2.42. The van der Waals surface area contributed by atoms with E-state index in [9.17, 15) is 4.79 Å². The van der Waals surface area contributed by atoms with Crippen LogP contribution in [0, 0.1) is 5.41 Å². The summed E-state index contributed by atoms with van der Waals surface area (Å²) in [4.78, 5) is 11.1. The van der Waals surface area contributed by atoms with E-state index in [4.69, 9.17) is 19.3 Å². The second-order valence-corrected chi connectivity index (χ2v) is 9.81. The molecule has 166 valence electrons. The summed E-state index contributed by atoms with van der Waals surface area (Å²) in [7, 11) is 1.79. The summed E-state index contributed by atoms with van der Waals surface area (Å²) in [6.07, 6.45) is 1.92. The van der Waals surface area contributed by atoms with E-state index < -0.39 is 11.6 Å². The van der Waals surface area contributed by atoms with E-state index in [1.807, 2.05) is 18.2 Å². The third-order valence-electron chi connectivity index (χ3n) is 7.13. The minimum Gasteiger partial charge on any atom is -0.492 e. The molecule has 1 unspecified atom stereocenters. The van der Waals surface area contributed by atoms with Crippen molar-refractivity contribution in [2.24, 2.45) is 5.41 Å². The van der Waals surface area contributed by atoms with Crippen LogP contribution in [0.15, 0.2) is 36.4 Å². The number of hydrogen-bond acceptors (Lipinski definition) is 4. The van der Waals surface area contributed by atoms with Gasteiger partial charge in [0.15, 0.2) is 0 Å². The lowest BCUT2D eigenvalue weighted by molar-refractivity contribution is -0.137. The average molecular weight is 425 g/mol. The van der Waals surface area contributed by atoms with Crippen LogP contribution in [-0.2, 0) is 21.6 Å². The highest BCUT2D eigenvalue weighted by atomic mass is 16.5. The summed E-state index contributed by atoms with van der Waals surface area (Å²) >= 11 is 0. The first-order valence-corrected chi connectivity index (χ1v) is 11.0. The van der Waals surface area contributed by atoms with Crippen molar-refractivity contribution < 1.29 is 24.1 Å². The molecule has 0 saturated carbocycles. The summed E-state index contributed by atoms with van der Waals surface area (Å²) in [5.74, 6) is 0.581. The van der Waals surface area contributed by atoms with Crippen LogP contribution < -0.4 is 9.47 Å². The van der Waals surface area contributed by atoms with Gasteiger partial charge in [-0.05, 0) is 47.9 Å². The molecule has 31 heavy (non-hydrogen) atoms. The molecule has 1 N–H and O–H groups in total. The summed E-state index contributed by atoms with van der Waals surface area (Å²) in [5, 5.41) is 9.10. The van der Waals surface area contributed by atoms with Crippen molar-refractivity contribution in [3.63, 3.8) is 0 Å². The number of ether oxygens (including phenoxy) is 3. The van der Waals surface area contributed by atoms with Gasteiger partial charge in [-0.3, -0.25) is 4.79 Å². The molecular formula is C26H32O5. The fourth-order valence-electron chi connectivity index (χ4n) is 4.88. The van der Waals surface area contributed by atoms with E-state index in [0.29, 0.717) is 6.61 Å². The highest BCUT2D eigenvalue weighted by molar-refractivity contribution is 5.68. The van der Waals surface area contributed by atoms with Crippen LogP contribution in [0.2, 0.25) is 0 Å². The van der Waals surface area contributed by atoms with Crippen molar-refractivity contribution in [1.82, 2.24) is 0 Å². The van der Waals surface area contributed by atoms with Gasteiger partial charge >= 0.3 is 5.97 Å². The highest BCUT2D eigenvalue weighted by Crippen LogP contribution is 2.48. The van der Waals surface area contributed by atoms with Crippen molar-refractivity contribution in [1.29, 1.82) is 0 Å². The van der Waals surface area contributed by atoms with E-state index in [1.165, 1.54) is 16.7 Å². The van der Waals surface area contributed by atoms with Crippen LogP contribution in [-0.4, -0.2) is 24.8 Å². The third-order valence-corrected chi connectivity index (χ3v) is 7.13. The SMILES string of the molecule is COC(C)(c1cccc2c1CC[C@H]2Oc1ccc2c(c1)OC[C@H]2CC(=O)O)C(C)(C)C. The van der Waals surface area contributed by atoms with Crippen LogP contribution >= 0.6 is 0 Å². The van der Waals surface area contributed by atoms with E-state index in [1.54, 1.807) is 7.11 Å². The van der Waals surface area contributed by atoms with Crippen molar-refractivity contribution in [2.75, 3.05) is 13.7 Å². The molecule has 2 aliphatic rings. The van der Waals surface area contributed by atoms with Gasteiger partial charge in [0.2, 0.25) is 0 Å². The molecule has 1 heterocycles. The minimum absolute atomic E-state index is 0.0229. The predicted molar refractivity (Wildman–Crippen MR) is 119 cm³/mol. The smallest absolute Gasteiger partial charge is 0.304 e. The van der Waals surface area contributed by atoms with Crippen LogP contribution in [0.1, 0.15) is 74.8 Å². The Morgan fingerprint density at radius 2 is 1.94 bits per heavy atom. The van der Waals surface area contributed by atoms with Gasteiger partial charge in [-0.2, -0.15) is 0 Å². The number of carboxylic acid groups (broad SMARTS) is 1. The first-order chi connectivity index (χ1) is 14.6. The van der Waals surface area contributed by atoms with Crippen molar-refractivity contribution in [2.45, 2.75) is 64.6 Å². The van der Waals surface area contributed by atoms with Gasteiger partial charge in [0.1, 0.15) is 17.6 Å². The molecule has 5 heteroatoms. The average Bonchev–Trinajstić information content (AvgIpc) is 3.30. The Bertz CT molecular complexity index is 990. The summed E-state index contributed by atoms with van der Waals surface area (Å²) < 4.78 is 18.2. The van der Waals surface area contributed by atoms with E-state index in [-0.39, 0.29) is 23.9 Å². The standard InChI is InChI=1S/C26H32O5/c1-25(2,3)26(4,29-5)21-8-6-7-20-19(21)11-12-22(20)31-17-9-10-18-16(13-24(27)28)15-30-23(18)14-17/h6-10,14,16,22H,11-13,15H2,1-5H3,(H,27,28)/t16-,22-,26?/m1/s1. The molecule has 1 aliphatic carbocycles. The van der Waals surface area contributed by atoms with Crippen molar-refractivity contribution in [3.05, 3.63) is 58.7 Å². The molecule has 4 rings (SSSR count). The summed E-state index contributed by atoms with van der Waals surface area (Å²) in [6, 6.07) is 12.2. The van der Waals surface area contributed by atoms with Crippen molar-refractivity contribution >= 4 is 5.97 Å². The van der Waals surface area contributed by atoms with Gasteiger partial charge < -0.3 is 19.3 Å². The van der Waals surface area contributed by atoms with Gasteiger partial charge in [0, 0.05) is 24.7 Å². The third kappa shape index (κ3) is 3.80. The molecule has 0 spiro atoms. The topological polar surface area (TPSA) is 65.0 Å². The predicted octanol–water partition coefficient (Wildman–Crippen LogP) is 5.61. The molecule has 2 aromatic carbocycles. The first kappa shape index (κ1) is 21.7. The molecule has 5 nitrogen and oxygen atoms in total. The monoisotopic (exact) mass is 424 g/mol. The molecular weight excluding hydrogens is 392 g/mol. The normalized spacial score (nSPS) is 21.7. The van der Waals surface area contributed by atoms with Crippen molar-refractivity contribution in [3.8, 4) is 11.5 Å². The molecule has 0 aromatic heterocycles. The zero-order valence-corrected chi connectivity index (χ0v) is 19.0. The number of fused-ring (bicyclic) bond motifs is 2. The fourth-order valence-corrected chi connectivity index (χ4v) is 4.88. The Morgan fingerprint density at radius 3 is 2.61 bits per heavy atom. The van der Waals surface area contributed by atoms with Gasteiger partial charge in [-0.25, -0.2) is 0 Å². The largest absolute Gasteiger partial charge is 0.492 e. The summed E-state index contributed by atoms with van der Waals surface area (Å²) in [6.45, 7) is 9.20. The zero-order chi connectivity index (χ0) is 22.4. The number of carbonyl (C=O) groups is 1. The Labute approximate surface area is 184 Å². The molecule has 0 amide bonds. The number of hydrogen-bond donors (Lipinski definition) is 1. The maximum absolute atomic E-state index is 11.1. The maximum Gasteiger partial charge on any atom is 0.304 e. The van der Waals surface area contributed by atoms with E-state index in [2.05, 4.69) is 45.9 Å². The van der Waals surface area contributed by atoms with E-state index >= 15 is 0 Å². The number of methoxy groups -OCH3 is 1. The lowest BCUT2D eigenvalue weighted by atomic mass is 9.71. The van der Waals surface area contributed by atoms with Gasteiger partial charge in [-0.1, -0.05) is 45.0 Å². The number of carboxylic acids is 1. The molecule has 2 aromatic rings. The number of aliphatic carboxylic acids is 1. The zero-order valence-electron chi connectivity index (χ0n) is 19.0. The summed E-state index contributed by atoms with van der Waals surface area (Å²) in [5.41, 5.74) is 4.28. The quantitative estimate of drug-likeness (QED) is 0.653. The van der Waals surface area contributed by atoms with Gasteiger partial charge in [0.25, 0.3) is 0 Å². The molecule has 1 aliphatic heterocycles. The number of benzene rings is 2. The lowest BCUT2D eigenvalue weighted by Gasteiger charge is -2.42. The van der Waals surface area contributed by atoms with Crippen LogP contribution in [0.3, 0.4) is 0 Å².